The summed E-state index contributed by atoms with van der Waals surface area (Å²) < 4.78 is 16.7. The lowest BCUT2D eigenvalue weighted by atomic mass is 10.0. The highest BCUT2D eigenvalue weighted by Gasteiger charge is 2.19. The van der Waals surface area contributed by atoms with Gasteiger partial charge in [0.15, 0.2) is 6.10 Å². The molecule has 0 bridgehead atoms. The quantitative estimate of drug-likeness (QED) is 0.0261. The van der Waals surface area contributed by atoms with Crippen molar-refractivity contribution in [3.8, 4) is 0 Å². The van der Waals surface area contributed by atoms with Gasteiger partial charge in [0.2, 0.25) is 0 Å². The van der Waals surface area contributed by atoms with Gasteiger partial charge in [-0.3, -0.25) is 14.4 Å². The second kappa shape index (κ2) is 58.6. The summed E-state index contributed by atoms with van der Waals surface area (Å²) in [4.78, 5) is 37.8. The largest absolute Gasteiger partial charge is 0.462 e. The van der Waals surface area contributed by atoms with Crippen LogP contribution in [0.2, 0.25) is 0 Å². The Kier molecular flexibility index (Phi) is 55.4. The molecule has 0 amide bonds. The summed E-state index contributed by atoms with van der Waals surface area (Å²) in [5, 5.41) is 0. The van der Waals surface area contributed by atoms with E-state index in [4.69, 9.17) is 14.2 Å². The number of ether oxygens (including phenoxy) is 3. The molecule has 1 atom stereocenters. The summed E-state index contributed by atoms with van der Waals surface area (Å²) in [7, 11) is 0. The topological polar surface area (TPSA) is 78.9 Å². The van der Waals surface area contributed by atoms with Crippen molar-refractivity contribution in [3.63, 3.8) is 0 Å². The van der Waals surface area contributed by atoms with Gasteiger partial charge in [0.05, 0.1) is 0 Å². The van der Waals surface area contributed by atoms with E-state index in [1.807, 2.05) is 0 Å². The Hall–Kier alpha value is -3.93. The van der Waals surface area contributed by atoms with Crippen LogP contribution in [0.5, 0.6) is 0 Å². The lowest BCUT2D eigenvalue weighted by Gasteiger charge is -2.18. The maximum atomic E-state index is 12.7. The third kappa shape index (κ3) is 56.9. The summed E-state index contributed by atoms with van der Waals surface area (Å²) >= 11 is 0. The summed E-state index contributed by atoms with van der Waals surface area (Å²) in [6.07, 6.45) is 79.8. The van der Waals surface area contributed by atoms with Crippen LogP contribution in [0, 0.1) is 0 Å². The van der Waals surface area contributed by atoms with Gasteiger partial charge in [0.25, 0.3) is 0 Å². The lowest BCUT2D eigenvalue weighted by Crippen LogP contribution is -2.30. The van der Waals surface area contributed by atoms with Gasteiger partial charge in [-0.25, -0.2) is 0 Å². The number of hydrogen-bond donors (Lipinski definition) is 0. The maximum absolute atomic E-state index is 12.7. The first-order valence-electron chi connectivity index (χ1n) is 29.4. The van der Waals surface area contributed by atoms with Crippen molar-refractivity contribution in [2.45, 2.75) is 271 Å². The van der Waals surface area contributed by atoms with Crippen LogP contribution >= 0.6 is 0 Å². The first kappa shape index (κ1) is 67.1. The molecule has 0 aromatic rings. The van der Waals surface area contributed by atoms with Crippen LogP contribution in [0.4, 0.5) is 0 Å². The summed E-state index contributed by atoms with van der Waals surface area (Å²) in [5.74, 6) is -0.900. The Balaban J connectivity index is 4.07. The van der Waals surface area contributed by atoms with Crippen molar-refractivity contribution in [3.05, 3.63) is 109 Å². The Labute approximate surface area is 438 Å². The molecule has 0 N–H and O–H groups in total. The van der Waals surface area contributed by atoms with E-state index >= 15 is 0 Å². The number of allylic oxidation sites excluding steroid dienone is 18. The molecule has 0 saturated carbocycles. The minimum Gasteiger partial charge on any atom is -0.462 e. The van der Waals surface area contributed by atoms with Crippen LogP contribution in [0.3, 0.4) is 0 Å². The zero-order chi connectivity index (χ0) is 51.4. The number of unbranched alkanes of at least 4 members (excludes halogenated alkanes) is 23. The summed E-state index contributed by atoms with van der Waals surface area (Å²) in [6.45, 7) is 6.45. The van der Waals surface area contributed by atoms with Gasteiger partial charge in [-0.2, -0.15) is 0 Å². The normalized spacial score (nSPS) is 12.9. The minimum absolute atomic E-state index is 0.0793. The number of carbonyl (C=O) groups is 3. The fraction of sp³-hybridized carbons (Fsp3) is 0.677. The third-order valence-corrected chi connectivity index (χ3v) is 12.3. The monoisotopic (exact) mass is 985 g/mol. The fourth-order valence-corrected chi connectivity index (χ4v) is 7.91. The molecule has 0 fully saturated rings. The van der Waals surface area contributed by atoms with Crippen molar-refractivity contribution in [2.75, 3.05) is 13.2 Å². The molecular weight excluding hydrogens is 877 g/mol. The summed E-state index contributed by atoms with van der Waals surface area (Å²) in [5.41, 5.74) is 0. The maximum Gasteiger partial charge on any atom is 0.306 e. The predicted molar refractivity (Wildman–Crippen MR) is 307 cm³/mol. The van der Waals surface area contributed by atoms with Crippen LogP contribution in [-0.2, 0) is 28.6 Å². The Morgan fingerprint density at radius 3 is 0.859 bits per heavy atom. The van der Waals surface area contributed by atoms with Gasteiger partial charge < -0.3 is 14.2 Å². The molecular formula is C65H108O6. The molecule has 404 valence electrons. The molecule has 0 saturated heterocycles. The van der Waals surface area contributed by atoms with Crippen LogP contribution in [0.1, 0.15) is 265 Å². The second-order valence-electron chi connectivity index (χ2n) is 19.2. The van der Waals surface area contributed by atoms with Crippen molar-refractivity contribution >= 4 is 17.9 Å². The Bertz CT molecular complexity index is 1460. The van der Waals surface area contributed by atoms with E-state index in [2.05, 4.69) is 130 Å². The Morgan fingerprint density at radius 2 is 0.549 bits per heavy atom. The Morgan fingerprint density at radius 1 is 0.296 bits per heavy atom. The smallest absolute Gasteiger partial charge is 0.306 e. The zero-order valence-electron chi connectivity index (χ0n) is 46.2. The SMILES string of the molecule is CC/C=C\C/C=C\C/C=C\C/C=C\C/C=C\C/C=C\C/C=C\C/C=C\C/C=C\CCCCCCCCCC(=O)OCC(COC(=O)CCCCCCCC)OC(=O)CCCCCCCCCCCCCC. The summed E-state index contributed by atoms with van der Waals surface area (Å²) in [6, 6.07) is 0. The van der Waals surface area contributed by atoms with E-state index in [0.29, 0.717) is 19.3 Å². The molecule has 0 radical (unpaired) electrons. The van der Waals surface area contributed by atoms with E-state index in [1.165, 1.54) is 103 Å². The van der Waals surface area contributed by atoms with Crippen LogP contribution in [0.25, 0.3) is 0 Å². The van der Waals surface area contributed by atoms with Gasteiger partial charge in [0.1, 0.15) is 13.2 Å². The zero-order valence-corrected chi connectivity index (χ0v) is 46.2. The van der Waals surface area contributed by atoms with Crippen molar-refractivity contribution < 1.29 is 28.6 Å². The first-order valence-corrected chi connectivity index (χ1v) is 29.4. The van der Waals surface area contributed by atoms with Crippen molar-refractivity contribution in [1.29, 1.82) is 0 Å². The minimum atomic E-state index is -0.776. The van der Waals surface area contributed by atoms with Gasteiger partial charge in [-0.15, -0.1) is 0 Å². The highest BCUT2D eigenvalue weighted by molar-refractivity contribution is 5.71. The van der Waals surface area contributed by atoms with Crippen LogP contribution in [0.15, 0.2) is 109 Å². The first-order chi connectivity index (χ1) is 35.0. The molecule has 6 heteroatoms. The lowest BCUT2D eigenvalue weighted by molar-refractivity contribution is -0.167. The van der Waals surface area contributed by atoms with Crippen molar-refractivity contribution in [1.82, 2.24) is 0 Å². The second-order valence-corrected chi connectivity index (χ2v) is 19.2. The molecule has 1 unspecified atom stereocenters. The van der Waals surface area contributed by atoms with Crippen LogP contribution < -0.4 is 0 Å². The van der Waals surface area contributed by atoms with Gasteiger partial charge in [-0.05, 0) is 89.9 Å². The third-order valence-electron chi connectivity index (χ3n) is 12.3. The predicted octanol–water partition coefficient (Wildman–Crippen LogP) is 19.9. The van der Waals surface area contributed by atoms with Gasteiger partial charge in [-0.1, -0.05) is 265 Å². The molecule has 0 aromatic heterocycles. The molecule has 6 nitrogen and oxygen atoms in total. The van der Waals surface area contributed by atoms with E-state index in [9.17, 15) is 14.4 Å². The van der Waals surface area contributed by atoms with Crippen molar-refractivity contribution in [2.24, 2.45) is 0 Å². The highest BCUT2D eigenvalue weighted by atomic mass is 16.6. The van der Waals surface area contributed by atoms with Gasteiger partial charge >= 0.3 is 17.9 Å². The van der Waals surface area contributed by atoms with E-state index < -0.39 is 6.10 Å². The molecule has 0 aromatic carbocycles. The van der Waals surface area contributed by atoms with Crippen LogP contribution in [-0.4, -0.2) is 37.2 Å². The number of rotatable bonds is 52. The van der Waals surface area contributed by atoms with E-state index in [0.717, 1.165) is 122 Å². The number of hydrogen-bond acceptors (Lipinski definition) is 6. The molecule has 71 heavy (non-hydrogen) atoms. The highest BCUT2D eigenvalue weighted by Crippen LogP contribution is 2.15. The van der Waals surface area contributed by atoms with E-state index in [-0.39, 0.29) is 31.1 Å². The fourth-order valence-electron chi connectivity index (χ4n) is 7.91. The molecule has 0 aliphatic rings. The molecule has 0 heterocycles. The van der Waals surface area contributed by atoms with E-state index in [1.54, 1.807) is 0 Å². The molecule has 0 aliphatic heterocycles. The molecule has 0 aliphatic carbocycles. The standard InChI is InChI=1S/C65H108O6/c1-4-7-10-13-16-18-20-22-23-24-25-26-27-28-29-30-31-32-33-34-35-36-37-38-39-40-41-42-43-44-46-47-49-52-55-58-64(67)70-61-62(60-69-63(66)57-54-51-15-12-9-6-3)71-65(68)59-56-53-50-48-45-21-19-17-14-11-8-5-2/h7,10,16,18,22-23,25-26,28-29,31-32,34-35,37-38,40-41,62H,4-6,8-9,11-15,17,19-21,24,27,30,33,36,39,42-61H2,1-3H3/b10-7-,18-16-,23-22-,26-25-,29-28-,32-31-,35-34-,38-37-,41-40-. The molecule has 0 spiro atoms. The average Bonchev–Trinajstić information content (AvgIpc) is 3.37. The molecule has 0 rings (SSSR count). The number of esters is 3. The average molecular weight is 986 g/mol. The van der Waals surface area contributed by atoms with Gasteiger partial charge in [0, 0.05) is 19.3 Å². The number of carbonyl (C=O) groups excluding carboxylic acids is 3.